The maximum Gasteiger partial charge on any atom is 0.225 e. The smallest absolute Gasteiger partial charge is 0.225 e. The van der Waals surface area contributed by atoms with Gasteiger partial charge in [0.15, 0.2) is 0 Å². The van der Waals surface area contributed by atoms with Crippen LogP contribution in [-0.4, -0.2) is 38.1 Å². The zero-order valence-corrected chi connectivity index (χ0v) is 13.6. The molecule has 0 saturated carbocycles. The fourth-order valence-electron chi connectivity index (χ4n) is 2.90. The topological polar surface area (TPSA) is 41.6 Å². The molecular formula is C19H22N2O2. The second-order valence-electron chi connectivity index (χ2n) is 6.09. The summed E-state index contributed by atoms with van der Waals surface area (Å²) < 4.78 is 5.89. The number of nitrogens with one attached hydrogen (secondary N) is 1. The van der Waals surface area contributed by atoms with Crippen molar-refractivity contribution in [2.45, 2.75) is 12.3 Å². The van der Waals surface area contributed by atoms with Crippen molar-refractivity contribution in [3.8, 4) is 5.75 Å². The van der Waals surface area contributed by atoms with Crippen molar-refractivity contribution in [1.29, 1.82) is 0 Å². The van der Waals surface area contributed by atoms with Crippen LogP contribution in [0.2, 0.25) is 0 Å². The van der Waals surface area contributed by atoms with Gasteiger partial charge in [0.2, 0.25) is 5.91 Å². The Kier molecular flexibility index (Phi) is 4.63. The molecule has 0 radical (unpaired) electrons. The molecule has 0 fully saturated rings. The van der Waals surface area contributed by atoms with E-state index in [1.165, 1.54) is 0 Å². The molecule has 2 aromatic carbocycles. The molecule has 1 aliphatic heterocycles. The predicted octanol–water partition coefficient (Wildman–Crippen LogP) is 3.10. The SMILES string of the molecule is CN(C)CCOc1cccc2c1NC(=O)CC2c1ccccc1. The number of fused-ring (bicyclic) bond motifs is 1. The summed E-state index contributed by atoms with van der Waals surface area (Å²) >= 11 is 0. The van der Waals surface area contributed by atoms with Gasteiger partial charge in [-0.3, -0.25) is 4.79 Å². The quantitative estimate of drug-likeness (QED) is 0.922. The number of benzene rings is 2. The molecular weight excluding hydrogens is 288 g/mol. The van der Waals surface area contributed by atoms with Crippen molar-refractivity contribution < 1.29 is 9.53 Å². The fraction of sp³-hybridized carbons (Fsp3) is 0.316. The van der Waals surface area contributed by atoms with Gasteiger partial charge in [-0.1, -0.05) is 42.5 Å². The number of carbonyl (C=O) groups excluding carboxylic acids is 1. The summed E-state index contributed by atoms with van der Waals surface area (Å²) in [7, 11) is 4.02. The van der Waals surface area contributed by atoms with Crippen LogP contribution in [0.1, 0.15) is 23.5 Å². The van der Waals surface area contributed by atoms with Crippen molar-refractivity contribution >= 4 is 11.6 Å². The summed E-state index contributed by atoms with van der Waals surface area (Å²) in [4.78, 5) is 14.2. The number of anilines is 1. The van der Waals surface area contributed by atoms with Gasteiger partial charge in [0.05, 0.1) is 5.69 Å². The van der Waals surface area contributed by atoms with Crippen molar-refractivity contribution in [1.82, 2.24) is 4.90 Å². The van der Waals surface area contributed by atoms with E-state index in [-0.39, 0.29) is 11.8 Å². The summed E-state index contributed by atoms with van der Waals surface area (Å²) in [5.74, 6) is 0.866. The summed E-state index contributed by atoms with van der Waals surface area (Å²) in [5, 5.41) is 2.99. The third-order valence-corrected chi connectivity index (χ3v) is 4.09. The number of nitrogens with zero attached hydrogens (tertiary/aromatic N) is 1. The van der Waals surface area contributed by atoms with Crippen LogP contribution in [0, 0.1) is 0 Å². The Morgan fingerprint density at radius 3 is 2.65 bits per heavy atom. The lowest BCUT2D eigenvalue weighted by atomic mass is 9.84. The maximum atomic E-state index is 12.2. The van der Waals surface area contributed by atoms with Crippen LogP contribution in [0.25, 0.3) is 0 Å². The van der Waals surface area contributed by atoms with E-state index in [9.17, 15) is 4.79 Å². The highest BCUT2D eigenvalue weighted by Crippen LogP contribution is 2.41. The first-order valence-corrected chi connectivity index (χ1v) is 7.90. The van der Waals surface area contributed by atoms with Gasteiger partial charge >= 0.3 is 0 Å². The summed E-state index contributed by atoms with van der Waals surface area (Å²) in [6, 6.07) is 16.2. The van der Waals surface area contributed by atoms with Gasteiger partial charge in [0, 0.05) is 18.9 Å². The van der Waals surface area contributed by atoms with Crippen molar-refractivity contribution in [2.24, 2.45) is 0 Å². The minimum Gasteiger partial charge on any atom is -0.490 e. The normalized spacial score (nSPS) is 16.8. The molecule has 1 unspecified atom stereocenters. The first-order chi connectivity index (χ1) is 11.1. The monoisotopic (exact) mass is 310 g/mol. The van der Waals surface area contributed by atoms with Crippen LogP contribution in [-0.2, 0) is 4.79 Å². The van der Waals surface area contributed by atoms with E-state index in [0.717, 1.165) is 29.1 Å². The molecule has 1 amide bonds. The van der Waals surface area contributed by atoms with Crippen LogP contribution in [0.5, 0.6) is 5.75 Å². The number of ether oxygens (including phenoxy) is 1. The molecule has 1 atom stereocenters. The Balaban J connectivity index is 1.91. The first-order valence-electron chi connectivity index (χ1n) is 7.90. The first kappa shape index (κ1) is 15.6. The zero-order chi connectivity index (χ0) is 16.2. The highest BCUT2D eigenvalue weighted by Gasteiger charge is 2.28. The lowest BCUT2D eigenvalue weighted by molar-refractivity contribution is -0.116. The van der Waals surface area contributed by atoms with E-state index in [1.807, 2.05) is 44.4 Å². The summed E-state index contributed by atoms with van der Waals surface area (Å²) in [6.07, 6.45) is 0.470. The molecule has 1 aliphatic rings. The molecule has 23 heavy (non-hydrogen) atoms. The number of rotatable bonds is 5. The minimum absolute atomic E-state index is 0.0370. The molecule has 0 bridgehead atoms. The van der Waals surface area contributed by atoms with E-state index in [0.29, 0.717) is 13.0 Å². The Morgan fingerprint density at radius 1 is 1.13 bits per heavy atom. The molecule has 4 heteroatoms. The van der Waals surface area contributed by atoms with Crippen LogP contribution >= 0.6 is 0 Å². The second-order valence-corrected chi connectivity index (χ2v) is 6.09. The highest BCUT2D eigenvalue weighted by atomic mass is 16.5. The third kappa shape index (κ3) is 3.54. The number of para-hydroxylation sites is 1. The van der Waals surface area contributed by atoms with Crippen molar-refractivity contribution in [3.05, 3.63) is 59.7 Å². The lowest BCUT2D eigenvalue weighted by Crippen LogP contribution is -2.25. The maximum absolute atomic E-state index is 12.2. The summed E-state index contributed by atoms with van der Waals surface area (Å²) in [6.45, 7) is 1.43. The Labute approximate surface area is 137 Å². The number of carbonyl (C=O) groups is 1. The molecule has 3 rings (SSSR count). The molecule has 0 spiro atoms. The van der Waals surface area contributed by atoms with Gasteiger partial charge in [-0.15, -0.1) is 0 Å². The van der Waals surface area contributed by atoms with Crippen LogP contribution in [0.15, 0.2) is 48.5 Å². The van der Waals surface area contributed by atoms with Gasteiger partial charge in [0.25, 0.3) is 0 Å². The van der Waals surface area contributed by atoms with Gasteiger partial charge in [-0.2, -0.15) is 0 Å². The molecule has 1 heterocycles. The van der Waals surface area contributed by atoms with E-state index in [1.54, 1.807) is 0 Å². The number of amides is 1. The third-order valence-electron chi connectivity index (χ3n) is 4.09. The fourth-order valence-corrected chi connectivity index (χ4v) is 2.90. The molecule has 4 nitrogen and oxygen atoms in total. The van der Waals surface area contributed by atoms with Crippen molar-refractivity contribution in [3.63, 3.8) is 0 Å². The Bertz CT molecular complexity index is 683. The van der Waals surface area contributed by atoms with Crippen LogP contribution in [0.4, 0.5) is 5.69 Å². The van der Waals surface area contributed by atoms with Gasteiger partial charge in [-0.25, -0.2) is 0 Å². The molecule has 0 aromatic heterocycles. The van der Waals surface area contributed by atoms with Gasteiger partial charge in [-0.05, 0) is 31.3 Å². The van der Waals surface area contributed by atoms with Gasteiger partial charge < -0.3 is 15.0 Å². The minimum atomic E-state index is 0.0370. The second kappa shape index (κ2) is 6.84. The number of likely N-dealkylation sites (N-methyl/N-ethyl adjacent to an activating group) is 1. The molecule has 0 aliphatic carbocycles. The van der Waals surface area contributed by atoms with Crippen molar-refractivity contribution in [2.75, 3.05) is 32.6 Å². The van der Waals surface area contributed by atoms with Crippen LogP contribution in [0.3, 0.4) is 0 Å². The number of hydrogen-bond acceptors (Lipinski definition) is 3. The lowest BCUT2D eigenvalue weighted by Gasteiger charge is -2.27. The van der Waals surface area contributed by atoms with E-state index < -0.39 is 0 Å². The van der Waals surface area contributed by atoms with E-state index in [2.05, 4.69) is 28.4 Å². The number of hydrogen-bond donors (Lipinski definition) is 1. The summed E-state index contributed by atoms with van der Waals surface area (Å²) in [5.41, 5.74) is 3.10. The largest absolute Gasteiger partial charge is 0.490 e. The van der Waals surface area contributed by atoms with Crippen LogP contribution < -0.4 is 10.1 Å². The molecule has 0 saturated heterocycles. The molecule has 2 aromatic rings. The average Bonchev–Trinajstić information content (AvgIpc) is 2.55. The van der Waals surface area contributed by atoms with Gasteiger partial charge in [0.1, 0.15) is 12.4 Å². The zero-order valence-electron chi connectivity index (χ0n) is 13.6. The highest BCUT2D eigenvalue weighted by molar-refractivity contribution is 5.97. The molecule has 120 valence electrons. The average molecular weight is 310 g/mol. The Hall–Kier alpha value is -2.33. The predicted molar refractivity (Wildman–Crippen MR) is 92.0 cm³/mol. The standard InChI is InChI=1S/C19H22N2O2/c1-21(2)11-12-23-17-10-6-9-15-16(13-18(22)20-19(15)17)14-7-4-3-5-8-14/h3-10,16H,11-13H2,1-2H3,(H,20,22). The molecule has 1 N–H and O–H groups in total. The van der Waals surface area contributed by atoms with E-state index in [4.69, 9.17) is 4.74 Å². The van der Waals surface area contributed by atoms with E-state index >= 15 is 0 Å². The Morgan fingerprint density at radius 2 is 1.91 bits per heavy atom.